The van der Waals surface area contributed by atoms with E-state index in [1.165, 1.54) is 27.1 Å². The molecule has 2 amide bonds. The van der Waals surface area contributed by atoms with E-state index in [2.05, 4.69) is 10.3 Å². The van der Waals surface area contributed by atoms with Crippen molar-refractivity contribution in [2.45, 2.75) is 31.2 Å². The number of hydrogen-bond acceptors (Lipinski definition) is 8. The Balaban J connectivity index is 1.19. The molecule has 0 fully saturated rings. The van der Waals surface area contributed by atoms with Gasteiger partial charge < -0.3 is 5.32 Å². The smallest absolute Gasteiger partial charge is 0.259 e. The first-order valence-corrected chi connectivity index (χ1v) is 13.9. The predicted molar refractivity (Wildman–Crippen MR) is 149 cm³/mol. The quantitative estimate of drug-likeness (QED) is 0.383. The van der Waals surface area contributed by atoms with Crippen molar-refractivity contribution in [3.63, 3.8) is 0 Å². The summed E-state index contributed by atoms with van der Waals surface area (Å²) in [5.41, 5.74) is 2.48. The Hall–Kier alpha value is -4.09. The molecule has 9 nitrogen and oxygen atoms in total. The number of benzene rings is 1. The molecular weight excluding hydrogens is 520 g/mol. The first-order chi connectivity index (χ1) is 18.6. The lowest BCUT2D eigenvalue weighted by atomic mass is 10.1. The number of pyridine rings is 1. The fraction of sp³-hybridized carbons (Fsp3) is 0.185. The van der Waals surface area contributed by atoms with E-state index in [9.17, 15) is 14.4 Å². The van der Waals surface area contributed by atoms with Crippen LogP contribution < -0.4 is 10.9 Å². The topological polar surface area (TPSA) is 108 Å². The Morgan fingerprint density at radius 3 is 2.82 bits per heavy atom. The van der Waals surface area contributed by atoms with Crippen LogP contribution in [0.25, 0.3) is 5.65 Å². The highest BCUT2D eigenvalue weighted by molar-refractivity contribution is 8.13. The van der Waals surface area contributed by atoms with E-state index in [0.29, 0.717) is 41.1 Å². The molecule has 0 unspecified atom stereocenters. The number of amides is 2. The second-order valence-electron chi connectivity index (χ2n) is 8.75. The monoisotopic (exact) mass is 542 g/mol. The van der Waals surface area contributed by atoms with Gasteiger partial charge in [-0.05, 0) is 42.1 Å². The molecule has 0 spiro atoms. The third-order valence-corrected chi connectivity index (χ3v) is 8.05. The van der Waals surface area contributed by atoms with Crippen molar-refractivity contribution in [1.29, 1.82) is 0 Å². The Bertz CT molecular complexity index is 1660. The van der Waals surface area contributed by atoms with Gasteiger partial charge in [0.15, 0.2) is 5.17 Å². The second-order valence-corrected chi connectivity index (χ2v) is 10.7. The molecule has 6 rings (SSSR count). The molecule has 3 aromatic heterocycles. The van der Waals surface area contributed by atoms with Crippen LogP contribution in [0.1, 0.15) is 29.0 Å². The van der Waals surface area contributed by atoms with Crippen LogP contribution in [0.15, 0.2) is 87.0 Å². The zero-order valence-corrected chi connectivity index (χ0v) is 21.7. The van der Waals surface area contributed by atoms with Gasteiger partial charge in [-0.25, -0.2) is 14.9 Å². The summed E-state index contributed by atoms with van der Waals surface area (Å²) in [6.07, 6.45) is 2.18. The minimum absolute atomic E-state index is 0.117. The SMILES string of the molecule is O=C(CC[C@@H]1N=C2c3ccccc3N=C(SCc3cc(=O)n4ccccc4n3)N2C1=O)NCc1cccs1. The molecule has 0 saturated carbocycles. The molecule has 0 radical (unpaired) electrons. The van der Waals surface area contributed by atoms with E-state index >= 15 is 0 Å². The van der Waals surface area contributed by atoms with Crippen LogP contribution in [-0.2, 0) is 21.9 Å². The number of nitrogens with one attached hydrogen (secondary N) is 1. The number of nitrogens with zero attached hydrogens (tertiary/aromatic N) is 5. The molecule has 1 N–H and O–H groups in total. The van der Waals surface area contributed by atoms with Gasteiger partial charge in [0, 0.05) is 34.9 Å². The molecule has 0 bridgehead atoms. The Kier molecular flexibility index (Phi) is 6.61. The van der Waals surface area contributed by atoms with Gasteiger partial charge in [0.1, 0.15) is 17.5 Å². The molecule has 2 aliphatic rings. The van der Waals surface area contributed by atoms with E-state index in [4.69, 9.17) is 9.98 Å². The molecule has 4 aromatic rings. The summed E-state index contributed by atoms with van der Waals surface area (Å²) in [6.45, 7) is 0.475. The van der Waals surface area contributed by atoms with Crippen molar-refractivity contribution < 1.29 is 9.59 Å². The summed E-state index contributed by atoms with van der Waals surface area (Å²) < 4.78 is 1.48. The fourth-order valence-corrected chi connectivity index (χ4v) is 5.90. The molecular formula is C27H22N6O3S2. The number of para-hydroxylation sites is 1. The molecule has 0 saturated heterocycles. The standard InChI is InChI=1S/C27H22N6O3S2/c34-23(28-15-18-6-5-13-37-18)11-10-21-26(36)33-25(30-21)19-7-1-2-8-20(19)31-27(33)38-16-17-14-24(35)32-12-4-3-9-22(32)29-17/h1-9,12-14,21H,10-11,15-16H2,(H,28,34)/t21-/m0/s1. The maximum Gasteiger partial charge on any atom is 0.259 e. The van der Waals surface area contributed by atoms with Gasteiger partial charge in [0.25, 0.3) is 11.5 Å². The molecule has 11 heteroatoms. The highest BCUT2D eigenvalue weighted by Gasteiger charge is 2.41. The highest BCUT2D eigenvalue weighted by Crippen LogP contribution is 2.34. The van der Waals surface area contributed by atoms with Crippen molar-refractivity contribution in [3.8, 4) is 0 Å². The van der Waals surface area contributed by atoms with Crippen LogP contribution in [-0.4, -0.2) is 43.1 Å². The second kappa shape index (κ2) is 10.3. The van der Waals surface area contributed by atoms with E-state index in [1.807, 2.05) is 47.8 Å². The van der Waals surface area contributed by atoms with Crippen molar-refractivity contribution in [2.24, 2.45) is 9.98 Å². The number of thiophene rings is 1. The molecule has 5 heterocycles. The summed E-state index contributed by atoms with van der Waals surface area (Å²) in [5.74, 6) is 0.569. The summed E-state index contributed by atoms with van der Waals surface area (Å²) in [5, 5.41) is 5.35. The zero-order valence-electron chi connectivity index (χ0n) is 20.1. The third-order valence-electron chi connectivity index (χ3n) is 6.21. The van der Waals surface area contributed by atoms with Crippen LogP contribution in [0.5, 0.6) is 0 Å². The van der Waals surface area contributed by atoms with E-state index in [-0.39, 0.29) is 23.8 Å². The summed E-state index contributed by atoms with van der Waals surface area (Å²) >= 11 is 2.91. The van der Waals surface area contributed by atoms with Gasteiger partial charge in [0.2, 0.25) is 5.91 Å². The Morgan fingerprint density at radius 2 is 1.95 bits per heavy atom. The largest absolute Gasteiger partial charge is 0.351 e. The Labute approximate surface area is 226 Å². The van der Waals surface area contributed by atoms with Gasteiger partial charge in [-0.3, -0.25) is 23.8 Å². The van der Waals surface area contributed by atoms with Crippen molar-refractivity contribution in [3.05, 3.63) is 98.7 Å². The van der Waals surface area contributed by atoms with Crippen LogP contribution in [0, 0.1) is 0 Å². The van der Waals surface area contributed by atoms with Crippen molar-refractivity contribution in [1.82, 2.24) is 19.6 Å². The minimum Gasteiger partial charge on any atom is -0.351 e. The van der Waals surface area contributed by atoms with E-state index in [0.717, 1.165) is 16.1 Å². The van der Waals surface area contributed by atoms with E-state index in [1.54, 1.807) is 29.7 Å². The number of carbonyl (C=O) groups is 2. The summed E-state index contributed by atoms with van der Waals surface area (Å²) in [7, 11) is 0. The molecule has 38 heavy (non-hydrogen) atoms. The van der Waals surface area contributed by atoms with Crippen LogP contribution >= 0.6 is 23.1 Å². The van der Waals surface area contributed by atoms with Gasteiger partial charge in [-0.15, -0.1) is 11.3 Å². The number of carbonyl (C=O) groups excluding carboxylic acids is 2. The third kappa shape index (κ3) is 4.77. The Morgan fingerprint density at radius 1 is 1.08 bits per heavy atom. The van der Waals surface area contributed by atoms with Gasteiger partial charge in [-0.1, -0.05) is 36.0 Å². The van der Waals surface area contributed by atoms with Gasteiger partial charge in [-0.2, -0.15) is 0 Å². The van der Waals surface area contributed by atoms with Crippen LogP contribution in [0.2, 0.25) is 0 Å². The first-order valence-electron chi connectivity index (χ1n) is 12.1. The van der Waals surface area contributed by atoms with Gasteiger partial charge in [0.05, 0.1) is 17.9 Å². The first kappa shape index (κ1) is 24.3. The highest BCUT2D eigenvalue weighted by atomic mass is 32.2. The number of thioether (sulfide) groups is 1. The molecule has 0 aliphatic carbocycles. The minimum atomic E-state index is -0.669. The lowest BCUT2D eigenvalue weighted by Gasteiger charge is -2.25. The number of fused-ring (bicyclic) bond motifs is 4. The average molecular weight is 543 g/mol. The molecule has 190 valence electrons. The van der Waals surface area contributed by atoms with Crippen molar-refractivity contribution in [2.75, 3.05) is 0 Å². The molecule has 1 aromatic carbocycles. The van der Waals surface area contributed by atoms with Crippen LogP contribution in [0.3, 0.4) is 0 Å². The summed E-state index contributed by atoms with van der Waals surface area (Å²) in [6, 6.07) is 17.7. The number of amidine groups is 2. The zero-order chi connectivity index (χ0) is 26.1. The summed E-state index contributed by atoms with van der Waals surface area (Å²) in [4.78, 5) is 55.0. The molecule has 2 aliphatic heterocycles. The maximum atomic E-state index is 13.5. The van der Waals surface area contributed by atoms with Gasteiger partial charge >= 0.3 is 0 Å². The predicted octanol–water partition coefficient (Wildman–Crippen LogP) is 3.74. The molecule has 1 atom stereocenters. The number of aliphatic imine (C=N–C) groups is 2. The lowest BCUT2D eigenvalue weighted by Crippen LogP contribution is -2.41. The average Bonchev–Trinajstić information content (AvgIpc) is 3.57. The maximum absolute atomic E-state index is 13.5. The normalized spacial score (nSPS) is 16.2. The van der Waals surface area contributed by atoms with Crippen molar-refractivity contribution >= 4 is 57.3 Å². The number of hydrogen-bond donors (Lipinski definition) is 1. The lowest BCUT2D eigenvalue weighted by molar-refractivity contribution is -0.125. The van der Waals surface area contributed by atoms with E-state index < -0.39 is 6.04 Å². The number of aromatic nitrogens is 2. The fourth-order valence-electron chi connectivity index (χ4n) is 4.36. The van der Waals surface area contributed by atoms with Crippen LogP contribution in [0.4, 0.5) is 5.69 Å². The number of rotatable bonds is 7.